The topological polar surface area (TPSA) is 38.4 Å². The third-order valence-electron chi connectivity index (χ3n) is 0.910. The number of alkyl halides is 2. The van der Waals surface area contributed by atoms with Crippen LogP contribution in [-0.4, -0.2) is 19.2 Å². The summed E-state index contributed by atoms with van der Waals surface area (Å²) in [6, 6.07) is 0. The van der Waals surface area contributed by atoms with Crippen LogP contribution in [0, 0.1) is 0 Å². The highest BCUT2D eigenvalue weighted by molar-refractivity contribution is 5.72. The van der Waals surface area contributed by atoms with E-state index >= 15 is 0 Å². The first kappa shape index (κ1) is 9.07. The van der Waals surface area contributed by atoms with E-state index in [0.29, 0.717) is 0 Å². The summed E-state index contributed by atoms with van der Waals surface area (Å²) in [6.45, 7) is 0.738. The van der Waals surface area contributed by atoms with Gasteiger partial charge in [0.05, 0.1) is 5.70 Å². The van der Waals surface area contributed by atoms with Crippen LogP contribution >= 0.6 is 0 Å². The average molecular weight is 148 g/mol. The summed E-state index contributed by atoms with van der Waals surface area (Å²) in [5, 5.41) is 0. The van der Waals surface area contributed by atoms with Crippen LogP contribution in [0.5, 0.6) is 0 Å². The maximum atomic E-state index is 12.2. The molecule has 0 heterocycles. The molecule has 0 aliphatic heterocycles. The van der Waals surface area contributed by atoms with Crippen LogP contribution in [0.2, 0.25) is 0 Å². The first-order valence-corrected chi connectivity index (χ1v) is 2.74. The molecule has 0 rings (SSSR count). The van der Waals surface area contributed by atoms with Crippen molar-refractivity contribution < 1.29 is 8.78 Å². The summed E-state index contributed by atoms with van der Waals surface area (Å²) in [6.07, 6.45) is 2.31. The molecular weight excluding hydrogens is 138 g/mol. The third-order valence-corrected chi connectivity index (χ3v) is 0.910. The smallest absolute Gasteiger partial charge is 0.284 e. The van der Waals surface area contributed by atoms with E-state index in [1.807, 2.05) is 0 Å². The van der Waals surface area contributed by atoms with E-state index in [1.54, 1.807) is 0 Å². The van der Waals surface area contributed by atoms with Crippen LogP contribution in [-0.2, 0) is 0 Å². The van der Waals surface area contributed by atoms with E-state index in [-0.39, 0.29) is 0 Å². The number of hydrogen-bond acceptors (Lipinski definition) is 2. The normalized spacial score (nSPS) is 14.6. The van der Waals surface area contributed by atoms with Crippen molar-refractivity contribution >= 4 is 6.21 Å². The van der Waals surface area contributed by atoms with Crippen molar-refractivity contribution in [1.29, 1.82) is 0 Å². The Balaban J connectivity index is 4.20. The van der Waals surface area contributed by atoms with Gasteiger partial charge in [-0.2, -0.15) is 0 Å². The van der Waals surface area contributed by atoms with Crippen molar-refractivity contribution in [3.05, 3.63) is 11.8 Å². The lowest BCUT2D eigenvalue weighted by Crippen LogP contribution is -2.20. The summed E-state index contributed by atoms with van der Waals surface area (Å²) >= 11 is 0. The molecule has 0 aliphatic carbocycles. The van der Waals surface area contributed by atoms with Crippen molar-refractivity contribution in [3.8, 4) is 0 Å². The molecule has 0 saturated carbocycles. The van der Waals surface area contributed by atoms with E-state index in [0.717, 1.165) is 13.0 Å². The molecule has 2 N–H and O–H groups in total. The van der Waals surface area contributed by atoms with Gasteiger partial charge in [-0.1, -0.05) is 0 Å². The minimum atomic E-state index is -2.94. The van der Waals surface area contributed by atoms with Gasteiger partial charge in [-0.05, 0) is 6.08 Å². The second-order valence-electron chi connectivity index (χ2n) is 1.92. The van der Waals surface area contributed by atoms with E-state index in [4.69, 9.17) is 5.73 Å². The molecule has 10 heavy (non-hydrogen) atoms. The largest absolute Gasteiger partial charge is 0.397 e. The molecule has 2 nitrogen and oxygen atoms in total. The summed E-state index contributed by atoms with van der Waals surface area (Å²) in [5.41, 5.74) is 4.48. The number of hydrogen-bond donors (Lipinski definition) is 1. The number of nitrogens with two attached hydrogens (primary N) is 1. The molecule has 0 aromatic rings. The zero-order valence-corrected chi connectivity index (χ0v) is 5.94. The lowest BCUT2D eigenvalue weighted by Gasteiger charge is -2.08. The van der Waals surface area contributed by atoms with Crippen LogP contribution in [0.1, 0.15) is 6.92 Å². The van der Waals surface area contributed by atoms with Gasteiger partial charge in [-0.15, -0.1) is 0 Å². The minimum Gasteiger partial charge on any atom is -0.397 e. The summed E-state index contributed by atoms with van der Waals surface area (Å²) < 4.78 is 24.4. The second-order valence-corrected chi connectivity index (χ2v) is 1.92. The third kappa shape index (κ3) is 3.17. The fourth-order valence-electron chi connectivity index (χ4n) is 0.301. The van der Waals surface area contributed by atoms with Crippen LogP contribution in [0.4, 0.5) is 8.78 Å². The lowest BCUT2D eigenvalue weighted by molar-refractivity contribution is 0.0620. The SMILES string of the molecule is CN=CC=C(N)C(C)(F)F. The van der Waals surface area contributed by atoms with E-state index in [1.165, 1.54) is 13.3 Å². The number of rotatable bonds is 2. The maximum absolute atomic E-state index is 12.2. The summed E-state index contributed by atoms with van der Waals surface area (Å²) in [5.74, 6) is -2.94. The molecule has 0 radical (unpaired) electrons. The van der Waals surface area contributed by atoms with Crippen LogP contribution in [0.3, 0.4) is 0 Å². The molecule has 4 heteroatoms. The Bertz CT molecular complexity index is 156. The predicted molar refractivity (Wildman–Crippen MR) is 37.3 cm³/mol. The number of aliphatic imine (C=N–C) groups is 1. The van der Waals surface area contributed by atoms with Crippen molar-refractivity contribution in [3.63, 3.8) is 0 Å². The monoisotopic (exact) mass is 148 g/mol. The first-order valence-electron chi connectivity index (χ1n) is 2.74. The first-order chi connectivity index (χ1) is 4.48. The standard InChI is InChI=1S/C6H10F2N2/c1-6(7,8)5(9)3-4-10-2/h3-4H,9H2,1-2H3. The molecule has 0 bridgehead atoms. The molecule has 0 aromatic carbocycles. The highest BCUT2D eigenvalue weighted by Gasteiger charge is 2.23. The maximum Gasteiger partial charge on any atom is 0.284 e. The van der Waals surface area contributed by atoms with Gasteiger partial charge in [0.2, 0.25) is 0 Å². The number of allylic oxidation sites excluding steroid dienone is 2. The molecule has 0 fully saturated rings. The Morgan fingerprint density at radius 3 is 2.40 bits per heavy atom. The van der Waals surface area contributed by atoms with Crippen LogP contribution in [0.25, 0.3) is 0 Å². The van der Waals surface area contributed by atoms with Crippen molar-refractivity contribution in [2.45, 2.75) is 12.8 Å². The summed E-state index contributed by atoms with van der Waals surface area (Å²) in [7, 11) is 1.48. The predicted octanol–water partition coefficient (Wildman–Crippen LogP) is 1.18. The molecule has 58 valence electrons. The van der Waals surface area contributed by atoms with Crippen molar-refractivity contribution in [2.75, 3.05) is 7.05 Å². The quantitative estimate of drug-likeness (QED) is 0.587. The highest BCUT2D eigenvalue weighted by atomic mass is 19.3. The zero-order valence-electron chi connectivity index (χ0n) is 5.94. The van der Waals surface area contributed by atoms with Crippen molar-refractivity contribution in [2.24, 2.45) is 10.7 Å². The van der Waals surface area contributed by atoms with Gasteiger partial charge < -0.3 is 5.73 Å². The van der Waals surface area contributed by atoms with E-state index in [9.17, 15) is 8.78 Å². The second kappa shape index (κ2) is 3.29. The lowest BCUT2D eigenvalue weighted by atomic mass is 10.3. The molecule has 0 spiro atoms. The number of halogens is 2. The summed E-state index contributed by atoms with van der Waals surface area (Å²) in [4.78, 5) is 3.47. The molecule has 0 aromatic heterocycles. The molecule has 0 aliphatic rings. The van der Waals surface area contributed by atoms with Crippen LogP contribution in [0.15, 0.2) is 16.8 Å². The minimum absolute atomic E-state index is 0.474. The Labute approximate surface area is 58.4 Å². The highest BCUT2D eigenvalue weighted by Crippen LogP contribution is 2.17. The van der Waals surface area contributed by atoms with Gasteiger partial charge in [0.15, 0.2) is 0 Å². The Kier molecular flexibility index (Phi) is 2.99. The van der Waals surface area contributed by atoms with E-state index < -0.39 is 11.6 Å². The molecule has 0 atom stereocenters. The molecule has 0 saturated heterocycles. The number of nitrogens with zero attached hydrogens (tertiary/aromatic N) is 1. The van der Waals surface area contributed by atoms with Gasteiger partial charge in [-0.25, -0.2) is 8.78 Å². The Morgan fingerprint density at radius 2 is 2.10 bits per heavy atom. The molecule has 0 amide bonds. The van der Waals surface area contributed by atoms with Gasteiger partial charge in [0.25, 0.3) is 5.92 Å². The van der Waals surface area contributed by atoms with Crippen LogP contribution < -0.4 is 5.73 Å². The van der Waals surface area contributed by atoms with Crippen molar-refractivity contribution in [1.82, 2.24) is 0 Å². The van der Waals surface area contributed by atoms with Gasteiger partial charge in [0, 0.05) is 20.2 Å². The van der Waals surface area contributed by atoms with Gasteiger partial charge in [0.1, 0.15) is 0 Å². The van der Waals surface area contributed by atoms with Gasteiger partial charge >= 0.3 is 0 Å². The Morgan fingerprint density at radius 1 is 1.60 bits per heavy atom. The van der Waals surface area contributed by atoms with Gasteiger partial charge in [-0.3, -0.25) is 4.99 Å². The molecule has 0 unspecified atom stereocenters. The fraction of sp³-hybridized carbons (Fsp3) is 0.500. The molecular formula is C6H10F2N2. The average Bonchev–Trinajstić information content (AvgIpc) is 1.80. The Hall–Kier alpha value is -0.930. The van der Waals surface area contributed by atoms with E-state index in [2.05, 4.69) is 4.99 Å². The fourth-order valence-corrected chi connectivity index (χ4v) is 0.301. The zero-order chi connectivity index (χ0) is 8.20.